The minimum absolute atomic E-state index is 0.0489. The van der Waals surface area contributed by atoms with E-state index in [1.165, 1.54) is 21.5 Å². The topological polar surface area (TPSA) is 40.6 Å². The van der Waals surface area contributed by atoms with Crippen molar-refractivity contribution >= 4 is 44.7 Å². The molecule has 0 spiro atoms. The molecule has 0 amide bonds. The SMILES string of the molecule is [C-]#[N+]/C(C#N)=C1C=C(/C=C/c2ccc(N(c3ccc4ccccc4c3)c3ccc4ccccc4c3)cc2)OC(C(C)(C)C)=C/1. The van der Waals surface area contributed by atoms with Crippen LogP contribution in [0.1, 0.15) is 26.3 Å². The van der Waals surface area contributed by atoms with Gasteiger partial charge in [-0.15, -0.1) is 0 Å². The van der Waals surface area contributed by atoms with Crippen LogP contribution in [0.2, 0.25) is 0 Å². The molecule has 4 heteroatoms. The van der Waals surface area contributed by atoms with Gasteiger partial charge in [0.25, 0.3) is 5.70 Å². The Labute approximate surface area is 258 Å². The summed E-state index contributed by atoms with van der Waals surface area (Å²) >= 11 is 0. The van der Waals surface area contributed by atoms with E-state index >= 15 is 0 Å². The number of anilines is 3. The average molecular weight is 570 g/mol. The summed E-state index contributed by atoms with van der Waals surface area (Å²) < 4.78 is 6.17. The highest BCUT2D eigenvalue weighted by molar-refractivity contribution is 5.92. The number of nitriles is 1. The number of ether oxygens (including phenoxy) is 1. The van der Waals surface area contributed by atoms with Crippen molar-refractivity contribution < 1.29 is 4.74 Å². The van der Waals surface area contributed by atoms with Crippen LogP contribution in [0.3, 0.4) is 0 Å². The molecule has 0 bridgehead atoms. The lowest BCUT2D eigenvalue weighted by Gasteiger charge is -2.27. The van der Waals surface area contributed by atoms with Crippen molar-refractivity contribution in [3.05, 3.63) is 167 Å². The fourth-order valence-electron chi connectivity index (χ4n) is 5.26. The Balaban J connectivity index is 1.36. The maximum absolute atomic E-state index is 9.46. The third-order valence-corrected chi connectivity index (χ3v) is 7.62. The number of allylic oxidation sites excluding steroid dienone is 6. The maximum Gasteiger partial charge on any atom is 0.269 e. The molecule has 0 unspecified atom stereocenters. The zero-order chi connectivity index (χ0) is 30.7. The molecule has 0 aliphatic carbocycles. The molecule has 5 aromatic carbocycles. The van der Waals surface area contributed by atoms with Gasteiger partial charge in [-0.1, -0.05) is 99.6 Å². The Kier molecular flexibility index (Phi) is 7.59. The summed E-state index contributed by atoms with van der Waals surface area (Å²) in [5.74, 6) is 1.30. The fraction of sp³-hybridized carbons (Fsp3) is 0.100. The molecule has 0 fully saturated rings. The lowest BCUT2D eigenvalue weighted by atomic mass is 9.91. The molecule has 1 aliphatic rings. The van der Waals surface area contributed by atoms with Gasteiger partial charge < -0.3 is 9.64 Å². The number of nitrogens with zero attached hydrogens (tertiary/aromatic N) is 3. The molecule has 0 saturated carbocycles. The van der Waals surface area contributed by atoms with Gasteiger partial charge >= 0.3 is 0 Å². The zero-order valence-electron chi connectivity index (χ0n) is 25.0. The summed E-state index contributed by atoms with van der Waals surface area (Å²) in [5, 5.41) is 14.2. The number of fused-ring (bicyclic) bond motifs is 2. The first-order valence-electron chi connectivity index (χ1n) is 14.5. The lowest BCUT2D eigenvalue weighted by molar-refractivity contribution is 0.223. The quantitative estimate of drug-likeness (QED) is 0.156. The van der Waals surface area contributed by atoms with Gasteiger partial charge in [0.05, 0.1) is 12.6 Å². The first-order chi connectivity index (χ1) is 21.3. The Morgan fingerprint density at radius 3 is 1.80 bits per heavy atom. The summed E-state index contributed by atoms with van der Waals surface area (Å²) in [7, 11) is 0. The lowest BCUT2D eigenvalue weighted by Crippen LogP contribution is -2.14. The minimum Gasteiger partial charge on any atom is -0.461 e. The summed E-state index contributed by atoms with van der Waals surface area (Å²) in [6.45, 7) is 13.5. The van der Waals surface area contributed by atoms with Crippen molar-refractivity contribution in [2.24, 2.45) is 5.41 Å². The van der Waals surface area contributed by atoms with Gasteiger partial charge in [0.15, 0.2) is 0 Å². The molecule has 0 aromatic heterocycles. The molecule has 212 valence electrons. The van der Waals surface area contributed by atoms with Gasteiger partial charge in [-0.25, -0.2) is 10.1 Å². The molecular formula is C40H31N3O. The molecule has 44 heavy (non-hydrogen) atoms. The molecular weight excluding hydrogens is 538 g/mol. The van der Waals surface area contributed by atoms with Crippen molar-refractivity contribution in [1.29, 1.82) is 5.26 Å². The smallest absolute Gasteiger partial charge is 0.269 e. The van der Waals surface area contributed by atoms with Crippen LogP contribution in [0.25, 0.3) is 32.5 Å². The van der Waals surface area contributed by atoms with Crippen molar-refractivity contribution in [3.8, 4) is 6.07 Å². The van der Waals surface area contributed by atoms with E-state index in [1.54, 1.807) is 12.2 Å². The second-order valence-electron chi connectivity index (χ2n) is 11.8. The third kappa shape index (κ3) is 5.88. The maximum atomic E-state index is 9.46. The predicted octanol–water partition coefficient (Wildman–Crippen LogP) is 11.0. The van der Waals surface area contributed by atoms with Crippen molar-refractivity contribution in [2.45, 2.75) is 20.8 Å². The van der Waals surface area contributed by atoms with Crippen molar-refractivity contribution in [1.82, 2.24) is 0 Å². The number of hydrogen-bond donors (Lipinski definition) is 0. The van der Waals surface area contributed by atoms with Crippen LogP contribution in [0.4, 0.5) is 17.1 Å². The second kappa shape index (κ2) is 11.8. The predicted molar refractivity (Wildman–Crippen MR) is 181 cm³/mol. The Bertz CT molecular complexity index is 2000. The minimum atomic E-state index is -0.280. The number of benzene rings is 5. The summed E-state index contributed by atoms with van der Waals surface area (Å²) in [4.78, 5) is 5.69. The average Bonchev–Trinajstić information content (AvgIpc) is 3.04. The van der Waals surface area contributed by atoms with Gasteiger partial charge in [-0.3, -0.25) is 0 Å². The van der Waals surface area contributed by atoms with E-state index < -0.39 is 0 Å². The number of hydrogen-bond acceptors (Lipinski definition) is 3. The van der Waals surface area contributed by atoms with E-state index in [0.717, 1.165) is 22.6 Å². The molecule has 6 rings (SSSR count). The monoisotopic (exact) mass is 569 g/mol. The third-order valence-electron chi connectivity index (χ3n) is 7.62. The molecule has 0 saturated heterocycles. The molecule has 0 atom stereocenters. The van der Waals surface area contributed by atoms with Gasteiger partial charge in [0.1, 0.15) is 11.5 Å². The highest BCUT2D eigenvalue weighted by atomic mass is 16.5. The molecule has 0 N–H and O–H groups in total. The van der Waals surface area contributed by atoms with Gasteiger partial charge in [-0.2, -0.15) is 0 Å². The van der Waals surface area contributed by atoms with E-state index in [0.29, 0.717) is 17.1 Å². The van der Waals surface area contributed by atoms with Crippen molar-refractivity contribution in [3.63, 3.8) is 0 Å². The van der Waals surface area contributed by atoms with E-state index in [4.69, 9.17) is 11.3 Å². The number of rotatable bonds is 5. The molecule has 1 aliphatic heterocycles. The summed E-state index contributed by atoms with van der Waals surface area (Å²) in [5.41, 5.74) is 4.53. The second-order valence-corrected chi connectivity index (χ2v) is 11.8. The van der Waals surface area contributed by atoms with Gasteiger partial charge in [0, 0.05) is 22.5 Å². The van der Waals surface area contributed by atoms with Crippen LogP contribution < -0.4 is 4.90 Å². The highest BCUT2D eigenvalue weighted by Gasteiger charge is 2.24. The van der Waals surface area contributed by atoms with E-state index in [-0.39, 0.29) is 11.1 Å². The van der Waals surface area contributed by atoms with Crippen molar-refractivity contribution in [2.75, 3.05) is 4.90 Å². The molecule has 4 nitrogen and oxygen atoms in total. The van der Waals surface area contributed by atoms with Crippen LogP contribution in [0.15, 0.2) is 150 Å². The van der Waals surface area contributed by atoms with Gasteiger partial charge in [-0.05, 0) is 87.3 Å². The first kappa shape index (κ1) is 28.3. The van der Waals surface area contributed by atoms with Crippen LogP contribution in [0, 0.1) is 23.3 Å². The Morgan fingerprint density at radius 2 is 1.27 bits per heavy atom. The Hall–Kier alpha value is -5.84. The van der Waals surface area contributed by atoms with E-state index in [9.17, 15) is 5.26 Å². The summed E-state index contributed by atoms with van der Waals surface area (Å²) in [6.07, 6.45) is 7.41. The van der Waals surface area contributed by atoms with E-state index in [2.05, 4.69) is 119 Å². The van der Waals surface area contributed by atoms with Crippen LogP contribution in [-0.4, -0.2) is 0 Å². The highest BCUT2D eigenvalue weighted by Crippen LogP contribution is 2.38. The Morgan fingerprint density at radius 1 is 0.727 bits per heavy atom. The van der Waals surface area contributed by atoms with Crippen LogP contribution in [0.5, 0.6) is 0 Å². The molecule has 0 radical (unpaired) electrons. The first-order valence-corrected chi connectivity index (χ1v) is 14.5. The summed E-state index contributed by atoms with van der Waals surface area (Å²) in [6, 6.07) is 40.4. The van der Waals surface area contributed by atoms with Crippen LogP contribution in [-0.2, 0) is 4.74 Å². The molecule has 5 aromatic rings. The standard InChI is InChI=1S/C40H31N3O/c1-40(2,3)39-26-33(38(27-41)42-4)25-37(44-39)22-15-28-13-18-34(19-14-28)43(35-20-16-29-9-5-7-11-31(29)23-35)36-21-17-30-10-6-8-12-32(30)24-36/h5-26H,1-3H3/b22-15+,38-33-. The molecule has 1 heterocycles. The normalized spacial score (nSPS) is 14.4. The zero-order valence-corrected chi connectivity index (χ0v) is 25.0. The van der Waals surface area contributed by atoms with Gasteiger partial charge in [0.2, 0.25) is 0 Å². The largest absolute Gasteiger partial charge is 0.461 e. The van der Waals surface area contributed by atoms with Crippen LogP contribution >= 0.6 is 0 Å². The fourth-order valence-corrected chi connectivity index (χ4v) is 5.26. The van der Waals surface area contributed by atoms with E-state index in [1.807, 2.05) is 39.0 Å².